The molecule has 3 heterocycles. The number of sulfonamides is 1. The van der Waals surface area contributed by atoms with Crippen LogP contribution in [0.1, 0.15) is 36.4 Å². The van der Waals surface area contributed by atoms with Crippen LogP contribution in [0.4, 0.5) is 0 Å². The molecule has 0 bridgehead atoms. The number of amides is 1. The summed E-state index contributed by atoms with van der Waals surface area (Å²) in [5, 5.41) is 11.2. The van der Waals surface area contributed by atoms with Crippen LogP contribution >= 0.6 is 0 Å². The van der Waals surface area contributed by atoms with Gasteiger partial charge in [-0.05, 0) is 61.8 Å². The third-order valence-corrected chi connectivity index (χ3v) is 8.38. The number of likely N-dealkylation sites (tertiary alicyclic amines) is 2. The Bertz CT molecular complexity index is 1220. The van der Waals surface area contributed by atoms with Crippen molar-refractivity contribution in [2.24, 2.45) is 0 Å². The summed E-state index contributed by atoms with van der Waals surface area (Å²) in [7, 11) is -0.779. The molecule has 2 aliphatic rings. The van der Waals surface area contributed by atoms with Crippen LogP contribution in [0.5, 0.6) is 0 Å². The Morgan fingerprint density at radius 3 is 2.34 bits per heavy atom. The Balaban J connectivity index is 1.71. The number of carbonyl (C=O) groups is 2. The van der Waals surface area contributed by atoms with E-state index in [2.05, 4.69) is 9.88 Å². The summed E-state index contributed by atoms with van der Waals surface area (Å²) >= 11 is 0. The van der Waals surface area contributed by atoms with Gasteiger partial charge in [-0.3, -0.25) is 14.6 Å². The second-order valence-corrected chi connectivity index (χ2v) is 11.1. The number of hydrogen-bond acceptors (Lipinski definition) is 7. The number of benzene rings is 1. The normalized spacial score (nSPS) is 21.1. The summed E-state index contributed by atoms with van der Waals surface area (Å²) < 4.78 is 25.9. The van der Waals surface area contributed by atoms with Crippen molar-refractivity contribution in [3.8, 4) is 0 Å². The molecule has 1 N–H and O–H groups in total. The van der Waals surface area contributed by atoms with E-state index in [1.54, 1.807) is 24.5 Å². The first-order valence-corrected chi connectivity index (χ1v) is 13.1. The SMILES string of the molecule is CN(C)S(=O)(=O)c1ccc(C(O)=C2C(=O)C(=O)N(CCN3CCCCC3)C2c2cccnc2)cc1. The lowest BCUT2D eigenvalue weighted by atomic mass is 9.96. The third kappa shape index (κ3) is 5.00. The lowest BCUT2D eigenvalue weighted by molar-refractivity contribution is -0.140. The molecule has 9 nitrogen and oxygen atoms in total. The first kappa shape index (κ1) is 25.0. The maximum absolute atomic E-state index is 13.1. The van der Waals surface area contributed by atoms with Crippen molar-refractivity contribution in [2.75, 3.05) is 40.3 Å². The van der Waals surface area contributed by atoms with Gasteiger partial charge in [0.2, 0.25) is 10.0 Å². The first-order chi connectivity index (χ1) is 16.7. The van der Waals surface area contributed by atoms with Gasteiger partial charge in [0.1, 0.15) is 5.76 Å². The molecule has 35 heavy (non-hydrogen) atoms. The van der Waals surface area contributed by atoms with Crippen LogP contribution in [0.25, 0.3) is 5.76 Å². The minimum atomic E-state index is -3.65. The topological polar surface area (TPSA) is 111 Å². The second kappa shape index (κ2) is 10.3. The number of aliphatic hydroxyl groups excluding tert-OH is 1. The highest BCUT2D eigenvalue weighted by atomic mass is 32.2. The largest absolute Gasteiger partial charge is 0.507 e. The van der Waals surface area contributed by atoms with Gasteiger partial charge >= 0.3 is 0 Å². The van der Waals surface area contributed by atoms with E-state index >= 15 is 0 Å². The second-order valence-electron chi connectivity index (χ2n) is 8.99. The fourth-order valence-corrected chi connectivity index (χ4v) is 5.48. The number of ketones is 1. The van der Waals surface area contributed by atoms with Crippen LogP contribution in [-0.4, -0.2) is 84.6 Å². The zero-order valence-corrected chi connectivity index (χ0v) is 20.7. The predicted octanol–water partition coefficient (Wildman–Crippen LogP) is 2.24. The summed E-state index contributed by atoms with van der Waals surface area (Å²) in [5.41, 5.74) is 0.856. The molecule has 1 aromatic heterocycles. The number of nitrogens with zero attached hydrogens (tertiary/aromatic N) is 4. The van der Waals surface area contributed by atoms with Crippen LogP contribution in [-0.2, 0) is 19.6 Å². The van der Waals surface area contributed by atoms with Crippen molar-refractivity contribution >= 4 is 27.5 Å². The van der Waals surface area contributed by atoms with Gasteiger partial charge in [0.05, 0.1) is 16.5 Å². The van der Waals surface area contributed by atoms with Crippen LogP contribution in [0.3, 0.4) is 0 Å². The van der Waals surface area contributed by atoms with Crippen molar-refractivity contribution < 1.29 is 23.1 Å². The van der Waals surface area contributed by atoms with E-state index in [0.29, 0.717) is 18.7 Å². The monoisotopic (exact) mass is 498 g/mol. The lowest BCUT2D eigenvalue weighted by Crippen LogP contribution is -2.40. The molecular formula is C25H30N4O5S. The molecule has 2 aliphatic heterocycles. The van der Waals surface area contributed by atoms with Crippen LogP contribution in [0, 0.1) is 0 Å². The molecule has 10 heteroatoms. The molecule has 2 fully saturated rings. The third-order valence-electron chi connectivity index (χ3n) is 6.55. The molecule has 1 amide bonds. The van der Waals surface area contributed by atoms with E-state index in [-0.39, 0.29) is 21.8 Å². The fraction of sp³-hybridized carbons (Fsp3) is 0.400. The van der Waals surface area contributed by atoms with Gasteiger partial charge in [-0.25, -0.2) is 12.7 Å². The average Bonchev–Trinajstić information content (AvgIpc) is 3.13. The standard InChI is InChI=1S/C25H30N4O5S/c1-27(2)35(33,34)20-10-8-18(9-11-20)23(30)21-22(19-7-6-12-26-17-19)29(25(32)24(21)31)16-15-28-13-4-3-5-14-28/h6-12,17,22,30H,3-5,13-16H2,1-2H3. The molecule has 0 radical (unpaired) electrons. The molecule has 186 valence electrons. The zero-order valence-electron chi connectivity index (χ0n) is 19.9. The first-order valence-electron chi connectivity index (χ1n) is 11.7. The van der Waals surface area contributed by atoms with Gasteiger partial charge in [-0.1, -0.05) is 12.5 Å². The molecule has 2 saturated heterocycles. The highest BCUT2D eigenvalue weighted by molar-refractivity contribution is 7.89. The number of rotatable bonds is 7. The van der Waals surface area contributed by atoms with E-state index in [1.165, 1.54) is 49.7 Å². The molecule has 0 spiro atoms. The minimum Gasteiger partial charge on any atom is -0.507 e. The lowest BCUT2D eigenvalue weighted by Gasteiger charge is -2.30. The smallest absolute Gasteiger partial charge is 0.295 e. The highest BCUT2D eigenvalue weighted by Gasteiger charge is 2.46. The number of aromatic nitrogens is 1. The maximum atomic E-state index is 13.1. The van der Waals surface area contributed by atoms with Crippen LogP contribution in [0.15, 0.2) is 59.3 Å². The maximum Gasteiger partial charge on any atom is 0.295 e. The van der Waals surface area contributed by atoms with Crippen molar-refractivity contribution in [1.82, 2.24) is 19.1 Å². The number of Topliss-reactive ketones (excluding diaryl/α,β-unsaturated/α-hetero) is 1. The molecule has 1 atom stereocenters. The van der Waals surface area contributed by atoms with E-state index in [4.69, 9.17) is 0 Å². The van der Waals surface area contributed by atoms with E-state index in [0.717, 1.165) is 30.2 Å². The van der Waals surface area contributed by atoms with Crippen molar-refractivity contribution in [2.45, 2.75) is 30.2 Å². The van der Waals surface area contributed by atoms with Crippen molar-refractivity contribution in [3.05, 3.63) is 65.5 Å². The summed E-state index contributed by atoms with van der Waals surface area (Å²) in [5.74, 6) is -1.77. The van der Waals surface area contributed by atoms with Gasteiger partial charge in [-0.15, -0.1) is 0 Å². The average molecular weight is 499 g/mol. The summed E-state index contributed by atoms with van der Waals surface area (Å²) in [4.78, 5) is 34.2. The molecule has 4 rings (SSSR count). The van der Waals surface area contributed by atoms with Gasteiger partial charge < -0.3 is 14.9 Å². The number of carbonyl (C=O) groups excluding carboxylic acids is 2. The number of hydrogen-bond donors (Lipinski definition) is 1. The highest BCUT2D eigenvalue weighted by Crippen LogP contribution is 2.39. The summed E-state index contributed by atoms with van der Waals surface area (Å²) in [6, 6.07) is 8.34. The Kier molecular flexibility index (Phi) is 7.34. The van der Waals surface area contributed by atoms with E-state index in [9.17, 15) is 23.1 Å². The molecule has 1 aromatic carbocycles. The van der Waals surface area contributed by atoms with Gasteiger partial charge in [0, 0.05) is 45.1 Å². The van der Waals surface area contributed by atoms with Crippen LogP contribution in [0.2, 0.25) is 0 Å². The summed E-state index contributed by atoms with van der Waals surface area (Å²) in [6.45, 7) is 2.91. The Morgan fingerprint density at radius 1 is 1.06 bits per heavy atom. The Hall–Kier alpha value is -3.08. The molecule has 0 aliphatic carbocycles. The van der Waals surface area contributed by atoms with Gasteiger partial charge in [0.15, 0.2) is 0 Å². The van der Waals surface area contributed by atoms with E-state index < -0.39 is 27.8 Å². The molecular weight excluding hydrogens is 468 g/mol. The molecule has 0 saturated carbocycles. The summed E-state index contributed by atoms with van der Waals surface area (Å²) in [6.07, 6.45) is 6.62. The van der Waals surface area contributed by atoms with E-state index in [1.807, 2.05) is 0 Å². The Labute approximate surface area is 205 Å². The number of pyridine rings is 1. The quantitative estimate of drug-likeness (QED) is 0.354. The number of aliphatic hydroxyl groups is 1. The molecule has 2 aromatic rings. The number of piperidine rings is 1. The van der Waals surface area contributed by atoms with Crippen LogP contribution < -0.4 is 0 Å². The fourth-order valence-electron chi connectivity index (χ4n) is 4.58. The van der Waals surface area contributed by atoms with Gasteiger partial charge in [0.25, 0.3) is 11.7 Å². The minimum absolute atomic E-state index is 0.0233. The molecule has 1 unspecified atom stereocenters. The van der Waals surface area contributed by atoms with Crippen molar-refractivity contribution in [3.63, 3.8) is 0 Å². The predicted molar refractivity (Wildman–Crippen MR) is 131 cm³/mol. The zero-order chi connectivity index (χ0) is 25.2. The Morgan fingerprint density at radius 2 is 1.74 bits per heavy atom. The van der Waals surface area contributed by atoms with Gasteiger partial charge in [-0.2, -0.15) is 0 Å². The van der Waals surface area contributed by atoms with Crippen molar-refractivity contribution in [1.29, 1.82) is 0 Å².